The van der Waals surface area contributed by atoms with Gasteiger partial charge >= 0.3 is 0 Å². The van der Waals surface area contributed by atoms with Crippen molar-refractivity contribution in [3.05, 3.63) is 24.2 Å². The number of imidazole rings is 1. The maximum absolute atomic E-state index is 5.80. The quantitative estimate of drug-likeness (QED) is 0.860. The Morgan fingerprint density at radius 3 is 2.90 bits per heavy atom. The fourth-order valence-electron chi connectivity index (χ4n) is 3.68. The highest BCUT2D eigenvalue weighted by molar-refractivity contribution is 5.71. The van der Waals surface area contributed by atoms with Crippen LogP contribution in [0.5, 0.6) is 0 Å². The molecule has 3 heterocycles. The Morgan fingerprint density at radius 1 is 1.20 bits per heavy atom. The molecule has 2 aromatic rings. The summed E-state index contributed by atoms with van der Waals surface area (Å²) >= 11 is 0. The van der Waals surface area contributed by atoms with Gasteiger partial charge in [-0.15, -0.1) is 0 Å². The van der Waals surface area contributed by atoms with Crippen molar-refractivity contribution in [2.45, 2.75) is 57.1 Å². The Balaban J connectivity index is 1.74. The minimum atomic E-state index is 0.354. The van der Waals surface area contributed by atoms with Crippen molar-refractivity contribution < 1.29 is 4.74 Å². The molecule has 1 unspecified atom stereocenters. The zero-order valence-corrected chi connectivity index (χ0v) is 11.8. The number of nitrogens with zero attached hydrogens (tertiary/aromatic N) is 3. The summed E-state index contributed by atoms with van der Waals surface area (Å²) in [7, 11) is 0. The van der Waals surface area contributed by atoms with E-state index in [2.05, 4.69) is 15.6 Å². The fraction of sp³-hybridized carbons (Fsp3) is 0.625. The van der Waals surface area contributed by atoms with E-state index in [1.165, 1.54) is 44.3 Å². The molecule has 1 saturated heterocycles. The molecule has 0 spiro atoms. The lowest BCUT2D eigenvalue weighted by atomic mass is 10.1. The van der Waals surface area contributed by atoms with E-state index in [0.717, 1.165) is 24.2 Å². The number of ether oxygens (including phenoxy) is 1. The molecule has 1 saturated carbocycles. The van der Waals surface area contributed by atoms with Crippen molar-refractivity contribution in [2.24, 2.45) is 0 Å². The number of hydrogen-bond donors (Lipinski definition) is 0. The Kier molecular flexibility index (Phi) is 3.19. The summed E-state index contributed by atoms with van der Waals surface area (Å²) in [4.78, 5) is 9.42. The first-order chi connectivity index (χ1) is 9.92. The van der Waals surface area contributed by atoms with E-state index in [-0.39, 0.29) is 0 Å². The number of hydrogen-bond acceptors (Lipinski definition) is 3. The van der Waals surface area contributed by atoms with Crippen molar-refractivity contribution in [2.75, 3.05) is 6.61 Å². The molecule has 1 aliphatic carbocycles. The van der Waals surface area contributed by atoms with Crippen molar-refractivity contribution >= 4 is 11.2 Å². The molecule has 2 fully saturated rings. The third-order valence-electron chi connectivity index (χ3n) is 4.65. The van der Waals surface area contributed by atoms with Crippen LogP contribution in [0, 0.1) is 0 Å². The second kappa shape index (κ2) is 5.17. The fourth-order valence-corrected chi connectivity index (χ4v) is 3.68. The Labute approximate surface area is 119 Å². The van der Waals surface area contributed by atoms with Gasteiger partial charge in [-0.1, -0.05) is 12.8 Å². The van der Waals surface area contributed by atoms with Gasteiger partial charge in [-0.3, -0.25) is 0 Å². The number of aromatic nitrogens is 3. The van der Waals surface area contributed by atoms with Crippen LogP contribution in [-0.2, 0) is 11.2 Å². The van der Waals surface area contributed by atoms with Gasteiger partial charge in [0.1, 0.15) is 11.3 Å². The minimum absolute atomic E-state index is 0.354. The summed E-state index contributed by atoms with van der Waals surface area (Å²) in [5.74, 6) is 1.18. The van der Waals surface area contributed by atoms with Gasteiger partial charge in [0.15, 0.2) is 5.65 Å². The third-order valence-corrected chi connectivity index (χ3v) is 4.65. The van der Waals surface area contributed by atoms with Crippen LogP contribution >= 0.6 is 0 Å². The summed E-state index contributed by atoms with van der Waals surface area (Å²) in [6.45, 7) is 0.909. The largest absolute Gasteiger partial charge is 0.378 e. The molecule has 0 bridgehead atoms. The molecule has 20 heavy (non-hydrogen) atoms. The van der Waals surface area contributed by atoms with E-state index in [9.17, 15) is 0 Å². The van der Waals surface area contributed by atoms with Crippen LogP contribution in [0.15, 0.2) is 18.3 Å². The molecule has 1 atom stereocenters. The second-order valence-electron chi connectivity index (χ2n) is 6.02. The highest BCUT2D eigenvalue weighted by Crippen LogP contribution is 2.33. The van der Waals surface area contributed by atoms with Gasteiger partial charge in [0.2, 0.25) is 0 Å². The maximum Gasteiger partial charge on any atom is 0.160 e. The van der Waals surface area contributed by atoms with Crippen molar-refractivity contribution in [3.63, 3.8) is 0 Å². The third kappa shape index (κ3) is 2.12. The van der Waals surface area contributed by atoms with Crippen molar-refractivity contribution in [1.29, 1.82) is 0 Å². The average Bonchev–Trinajstić information content (AvgIpc) is 3.18. The summed E-state index contributed by atoms with van der Waals surface area (Å²) < 4.78 is 8.20. The molecule has 106 valence electrons. The minimum Gasteiger partial charge on any atom is -0.378 e. The van der Waals surface area contributed by atoms with E-state index >= 15 is 0 Å². The molecule has 4 heteroatoms. The Bertz CT molecular complexity index is 595. The highest BCUT2D eigenvalue weighted by Gasteiger charge is 2.26. The van der Waals surface area contributed by atoms with Gasteiger partial charge in [-0.25, -0.2) is 9.97 Å². The summed E-state index contributed by atoms with van der Waals surface area (Å²) in [5.41, 5.74) is 2.10. The zero-order valence-electron chi connectivity index (χ0n) is 11.8. The Morgan fingerprint density at radius 2 is 2.10 bits per heavy atom. The SMILES string of the molecule is c1cnc2c(c1)nc(CC1CCCO1)n2C1CCCC1. The molecule has 2 aliphatic rings. The predicted octanol–water partition coefficient (Wildman–Crippen LogP) is 3.27. The van der Waals surface area contributed by atoms with Gasteiger partial charge in [-0.2, -0.15) is 0 Å². The van der Waals surface area contributed by atoms with E-state index in [1.807, 2.05) is 12.3 Å². The molecule has 4 rings (SSSR count). The highest BCUT2D eigenvalue weighted by atomic mass is 16.5. The standard InChI is InChI=1S/C16H21N3O/c1-2-6-12(5-1)19-15(11-13-7-4-10-20-13)18-14-8-3-9-17-16(14)19/h3,8-9,12-13H,1-2,4-7,10-11H2. The second-order valence-corrected chi connectivity index (χ2v) is 6.02. The lowest BCUT2D eigenvalue weighted by molar-refractivity contribution is 0.109. The molecule has 0 aromatic carbocycles. The smallest absolute Gasteiger partial charge is 0.160 e. The average molecular weight is 271 g/mol. The monoisotopic (exact) mass is 271 g/mol. The first kappa shape index (κ1) is 12.3. The maximum atomic E-state index is 5.80. The van der Waals surface area contributed by atoms with Crippen LogP contribution in [0.3, 0.4) is 0 Å². The van der Waals surface area contributed by atoms with E-state index in [0.29, 0.717) is 12.1 Å². The normalized spacial score (nSPS) is 23.9. The van der Waals surface area contributed by atoms with Crippen molar-refractivity contribution in [3.8, 4) is 0 Å². The van der Waals surface area contributed by atoms with Gasteiger partial charge in [0, 0.05) is 25.3 Å². The number of fused-ring (bicyclic) bond motifs is 1. The van der Waals surface area contributed by atoms with Crippen LogP contribution in [-0.4, -0.2) is 27.2 Å². The van der Waals surface area contributed by atoms with Gasteiger partial charge in [0.05, 0.1) is 6.10 Å². The lowest BCUT2D eigenvalue weighted by Crippen LogP contribution is -2.16. The molecule has 0 N–H and O–H groups in total. The van der Waals surface area contributed by atoms with Gasteiger partial charge < -0.3 is 9.30 Å². The zero-order chi connectivity index (χ0) is 13.4. The summed E-state index contributed by atoms with van der Waals surface area (Å²) in [5, 5.41) is 0. The van der Waals surface area contributed by atoms with E-state index in [4.69, 9.17) is 9.72 Å². The topological polar surface area (TPSA) is 39.9 Å². The van der Waals surface area contributed by atoms with Crippen LogP contribution in [0.2, 0.25) is 0 Å². The predicted molar refractivity (Wildman–Crippen MR) is 77.7 cm³/mol. The van der Waals surface area contributed by atoms with Crippen LogP contribution < -0.4 is 0 Å². The number of pyridine rings is 1. The molecule has 2 aromatic heterocycles. The van der Waals surface area contributed by atoms with Crippen molar-refractivity contribution in [1.82, 2.24) is 14.5 Å². The first-order valence-electron chi connectivity index (χ1n) is 7.85. The van der Waals surface area contributed by atoms with Crippen LogP contribution in [0.1, 0.15) is 50.4 Å². The van der Waals surface area contributed by atoms with Gasteiger partial charge in [-0.05, 0) is 37.8 Å². The Hall–Kier alpha value is -1.42. The summed E-state index contributed by atoms with van der Waals surface area (Å²) in [6, 6.07) is 4.64. The van der Waals surface area contributed by atoms with E-state index < -0.39 is 0 Å². The molecule has 1 aliphatic heterocycles. The van der Waals surface area contributed by atoms with E-state index in [1.54, 1.807) is 0 Å². The number of rotatable bonds is 3. The molecule has 0 radical (unpaired) electrons. The molecular weight excluding hydrogens is 250 g/mol. The van der Waals surface area contributed by atoms with Crippen LogP contribution in [0.25, 0.3) is 11.2 Å². The first-order valence-corrected chi connectivity index (χ1v) is 7.85. The summed E-state index contributed by atoms with van der Waals surface area (Å²) in [6.07, 6.45) is 10.7. The molecule has 0 amide bonds. The molecular formula is C16H21N3O. The molecule has 4 nitrogen and oxygen atoms in total. The van der Waals surface area contributed by atoms with Crippen LogP contribution in [0.4, 0.5) is 0 Å². The van der Waals surface area contributed by atoms with Gasteiger partial charge in [0.25, 0.3) is 0 Å². The lowest BCUT2D eigenvalue weighted by Gasteiger charge is -2.17.